The SMILES string of the molecule is C/C=C/C(=O)N1CCc2cc(C(=O)NS(=O)(=O)c3ccccc3)c(OCc3nc(C4CC=CC4)oc3C)cc2C1. The minimum Gasteiger partial charge on any atom is -0.486 e. The van der Waals surface area contributed by atoms with E-state index in [-0.39, 0.29) is 34.6 Å². The fourth-order valence-electron chi connectivity index (χ4n) is 4.88. The summed E-state index contributed by atoms with van der Waals surface area (Å²) in [5, 5.41) is 0. The van der Waals surface area contributed by atoms with Crippen LogP contribution in [0.1, 0.15) is 64.5 Å². The van der Waals surface area contributed by atoms with Crippen LogP contribution in [0.3, 0.4) is 0 Å². The van der Waals surface area contributed by atoms with Crippen molar-refractivity contribution in [3.8, 4) is 5.75 Å². The number of hydrogen-bond donors (Lipinski definition) is 1. The highest BCUT2D eigenvalue weighted by molar-refractivity contribution is 7.90. The molecular weight excluding hydrogens is 530 g/mol. The van der Waals surface area contributed by atoms with Crippen LogP contribution in [-0.4, -0.2) is 36.7 Å². The number of carbonyl (C=O) groups is 2. The number of nitrogens with zero attached hydrogens (tertiary/aromatic N) is 2. The predicted octanol–water partition coefficient (Wildman–Crippen LogP) is 4.58. The highest BCUT2D eigenvalue weighted by atomic mass is 32.2. The molecule has 2 heterocycles. The molecule has 0 unspecified atom stereocenters. The molecule has 2 amide bonds. The van der Waals surface area contributed by atoms with Gasteiger partial charge in [-0.1, -0.05) is 36.4 Å². The van der Waals surface area contributed by atoms with Gasteiger partial charge in [0.1, 0.15) is 23.8 Å². The summed E-state index contributed by atoms with van der Waals surface area (Å²) in [6.07, 6.45) is 9.68. The Kier molecular flexibility index (Phi) is 7.88. The van der Waals surface area contributed by atoms with E-state index >= 15 is 0 Å². The molecule has 40 heavy (non-hydrogen) atoms. The van der Waals surface area contributed by atoms with Gasteiger partial charge >= 0.3 is 0 Å². The van der Waals surface area contributed by atoms with E-state index < -0.39 is 15.9 Å². The van der Waals surface area contributed by atoms with Crippen molar-refractivity contribution in [2.75, 3.05) is 6.54 Å². The lowest BCUT2D eigenvalue weighted by Gasteiger charge is -2.29. The van der Waals surface area contributed by atoms with Crippen molar-refractivity contribution in [2.24, 2.45) is 0 Å². The zero-order valence-electron chi connectivity index (χ0n) is 22.4. The van der Waals surface area contributed by atoms with Crippen molar-refractivity contribution in [3.63, 3.8) is 0 Å². The van der Waals surface area contributed by atoms with Crippen LogP contribution in [0.2, 0.25) is 0 Å². The summed E-state index contributed by atoms with van der Waals surface area (Å²) >= 11 is 0. The number of benzene rings is 2. The molecule has 0 radical (unpaired) electrons. The van der Waals surface area contributed by atoms with Crippen molar-refractivity contribution in [1.82, 2.24) is 14.6 Å². The molecule has 1 aliphatic carbocycles. The van der Waals surface area contributed by atoms with Crippen LogP contribution < -0.4 is 9.46 Å². The first-order valence-electron chi connectivity index (χ1n) is 13.2. The highest BCUT2D eigenvalue weighted by Crippen LogP contribution is 2.32. The normalized spacial score (nSPS) is 15.4. The van der Waals surface area contributed by atoms with Gasteiger partial charge in [0, 0.05) is 19.0 Å². The number of aryl methyl sites for hydroxylation is 1. The summed E-state index contributed by atoms with van der Waals surface area (Å²) in [7, 11) is -4.10. The fraction of sp³-hybridized carbons (Fsp3) is 0.300. The number of oxazole rings is 1. The van der Waals surface area contributed by atoms with Crippen LogP contribution in [0.4, 0.5) is 0 Å². The minimum atomic E-state index is -4.10. The molecule has 1 N–H and O–H groups in total. The van der Waals surface area contributed by atoms with Gasteiger partial charge in [-0.05, 0) is 74.6 Å². The van der Waals surface area contributed by atoms with Crippen molar-refractivity contribution in [3.05, 3.63) is 101 Å². The van der Waals surface area contributed by atoms with Crippen molar-refractivity contribution in [1.29, 1.82) is 0 Å². The second-order valence-electron chi connectivity index (χ2n) is 9.86. The van der Waals surface area contributed by atoms with E-state index in [9.17, 15) is 18.0 Å². The fourth-order valence-corrected chi connectivity index (χ4v) is 5.87. The van der Waals surface area contributed by atoms with Crippen LogP contribution in [-0.2, 0) is 34.4 Å². The first-order valence-corrected chi connectivity index (χ1v) is 14.7. The summed E-state index contributed by atoms with van der Waals surface area (Å²) in [5.74, 6) is 0.771. The van der Waals surface area contributed by atoms with Gasteiger partial charge in [0.15, 0.2) is 5.89 Å². The number of rotatable bonds is 8. The number of fused-ring (bicyclic) bond motifs is 1. The quantitative estimate of drug-likeness (QED) is 0.316. The molecule has 5 rings (SSSR count). The Morgan fingerprint density at radius 2 is 1.90 bits per heavy atom. The molecule has 9 nitrogen and oxygen atoms in total. The number of hydrogen-bond acceptors (Lipinski definition) is 7. The Balaban J connectivity index is 1.44. The summed E-state index contributed by atoms with van der Waals surface area (Å²) < 4.78 is 40.0. The number of nitrogens with one attached hydrogen (secondary N) is 1. The van der Waals surface area contributed by atoms with E-state index in [0.29, 0.717) is 36.9 Å². The largest absolute Gasteiger partial charge is 0.486 e. The number of ether oxygens (including phenoxy) is 1. The van der Waals surface area contributed by atoms with Crippen LogP contribution >= 0.6 is 0 Å². The smallest absolute Gasteiger partial charge is 0.268 e. The molecule has 0 saturated heterocycles. The topological polar surface area (TPSA) is 119 Å². The molecule has 2 aromatic carbocycles. The summed E-state index contributed by atoms with van der Waals surface area (Å²) in [6.45, 7) is 4.46. The van der Waals surface area contributed by atoms with Gasteiger partial charge in [-0.15, -0.1) is 0 Å². The third kappa shape index (κ3) is 5.86. The summed E-state index contributed by atoms with van der Waals surface area (Å²) in [5.41, 5.74) is 2.38. The van der Waals surface area contributed by atoms with E-state index in [1.165, 1.54) is 18.2 Å². The number of amides is 2. The first-order chi connectivity index (χ1) is 19.2. The second-order valence-corrected chi connectivity index (χ2v) is 11.5. The standard InChI is InChI=1S/C30H31N3O6S/c1-3-9-28(34)33-15-14-22-16-25(29(35)32-40(36,37)24-12-5-4-6-13-24)27(17-23(22)18-33)38-19-26-20(2)39-30(31-26)21-10-7-8-11-21/h3-9,12-13,16-17,21H,10-11,14-15,18-19H2,1-2H3,(H,32,35)/b9-3+. The zero-order chi connectivity index (χ0) is 28.3. The third-order valence-electron chi connectivity index (χ3n) is 7.09. The van der Waals surface area contributed by atoms with Gasteiger partial charge in [-0.2, -0.15) is 0 Å². The first kappa shape index (κ1) is 27.4. The van der Waals surface area contributed by atoms with Gasteiger partial charge in [0.25, 0.3) is 15.9 Å². The van der Waals surface area contributed by atoms with E-state index in [1.54, 1.807) is 48.2 Å². The zero-order valence-corrected chi connectivity index (χ0v) is 23.2. The van der Waals surface area contributed by atoms with Crippen molar-refractivity contribution < 1.29 is 27.2 Å². The second kappa shape index (κ2) is 11.5. The maximum absolute atomic E-state index is 13.4. The molecule has 0 spiro atoms. The average Bonchev–Trinajstić information content (AvgIpc) is 3.61. The Hall–Kier alpha value is -4.18. The average molecular weight is 562 g/mol. The molecular formula is C30H31N3O6S. The Morgan fingerprint density at radius 1 is 1.15 bits per heavy atom. The lowest BCUT2D eigenvalue weighted by atomic mass is 9.96. The molecule has 1 aromatic heterocycles. The lowest BCUT2D eigenvalue weighted by molar-refractivity contribution is -0.126. The predicted molar refractivity (Wildman–Crippen MR) is 148 cm³/mol. The maximum Gasteiger partial charge on any atom is 0.268 e. The van der Waals surface area contributed by atoms with E-state index in [1.807, 2.05) is 6.92 Å². The number of allylic oxidation sites excluding steroid dienone is 3. The Bertz CT molecular complexity index is 1580. The molecule has 2 aliphatic rings. The molecule has 3 aromatic rings. The van der Waals surface area contributed by atoms with Crippen LogP contribution in [0, 0.1) is 6.92 Å². The third-order valence-corrected chi connectivity index (χ3v) is 8.44. The van der Waals surface area contributed by atoms with Gasteiger partial charge in [0.05, 0.1) is 10.5 Å². The Morgan fingerprint density at radius 3 is 2.62 bits per heavy atom. The lowest BCUT2D eigenvalue weighted by Crippen LogP contribution is -2.35. The monoisotopic (exact) mass is 561 g/mol. The number of aromatic nitrogens is 1. The van der Waals surface area contributed by atoms with Crippen molar-refractivity contribution in [2.45, 2.75) is 57.1 Å². The molecule has 208 valence electrons. The van der Waals surface area contributed by atoms with Gasteiger partial charge < -0.3 is 14.1 Å². The van der Waals surface area contributed by atoms with Gasteiger partial charge in [-0.25, -0.2) is 18.1 Å². The van der Waals surface area contributed by atoms with Crippen molar-refractivity contribution >= 4 is 21.8 Å². The van der Waals surface area contributed by atoms with Gasteiger partial charge in [-0.3, -0.25) is 9.59 Å². The van der Waals surface area contributed by atoms with Crippen LogP contribution in [0.15, 0.2) is 76.1 Å². The number of sulfonamides is 1. The summed E-state index contributed by atoms with van der Waals surface area (Å²) in [6, 6.07) is 11.1. The highest BCUT2D eigenvalue weighted by Gasteiger charge is 2.27. The van der Waals surface area contributed by atoms with E-state index in [0.717, 1.165) is 24.0 Å². The number of carbonyl (C=O) groups excluding carboxylic acids is 2. The van der Waals surface area contributed by atoms with Crippen LogP contribution in [0.5, 0.6) is 5.75 Å². The molecule has 0 bridgehead atoms. The molecule has 0 fully saturated rings. The summed E-state index contributed by atoms with van der Waals surface area (Å²) in [4.78, 5) is 32.2. The Labute approximate surface area is 233 Å². The van der Waals surface area contributed by atoms with Crippen LogP contribution in [0.25, 0.3) is 0 Å². The molecule has 0 atom stereocenters. The van der Waals surface area contributed by atoms with E-state index in [2.05, 4.69) is 21.9 Å². The molecule has 0 saturated carbocycles. The maximum atomic E-state index is 13.4. The van der Waals surface area contributed by atoms with Gasteiger partial charge in [0.2, 0.25) is 5.91 Å². The van der Waals surface area contributed by atoms with E-state index in [4.69, 9.17) is 9.15 Å². The molecule has 1 aliphatic heterocycles. The minimum absolute atomic E-state index is 0.0194. The molecule has 10 heteroatoms.